The zero-order chi connectivity index (χ0) is 20.0. The van der Waals surface area contributed by atoms with E-state index >= 15 is 0 Å². The number of carbonyl (C=O) groups excluding carboxylic acids is 2. The lowest BCUT2D eigenvalue weighted by Gasteiger charge is -2.32. The van der Waals surface area contributed by atoms with E-state index in [1.54, 1.807) is 35.9 Å². The van der Waals surface area contributed by atoms with Crippen LogP contribution in [0.1, 0.15) is 34.6 Å². The standard InChI is InChI=1S/C22H22N4O2S/c1-14-24-18-11-16(4-5-19(18)29-14)25-20(27)17-12-22(17)6-9-26(10-7-22)21(28)15-3-2-8-23-13-15/h2-5,8,11,13,17H,6-7,9-10,12H2,1H3,(H,25,27). The molecule has 0 radical (unpaired) electrons. The van der Waals surface area contributed by atoms with Gasteiger partial charge in [0.2, 0.25) is 5.91 Å². The zero-order valence-electron chi connectivity index (χ0n) is 16.2. The fourth-order valence-electron chi connectivity index (χ4n) is 4.45. The maximum Gasteiger partial charge on any atom is 0.255 e. The molecule has 148 valence electrons. The number of hydrogen-bond donors (Lipinski definition) is 1. The van der Waals surface area contributed by atoms with Gasteiger partial charge in [-0.25, -0.2) is 4.98 Å². The van der Waals surface area contributed by atoms with Gasteiger partial charge < -0.3 is 10.2 Å². The summed E-state index contributed by atoms with van der Waals surface area (Å²) in [6.07, 6.45) is 5.94. The van der Waals surface area contributed by atoms with E-state index < -0.39 is 0 Å². The highest BCUT2D eigenvalue weighted by atomic mass is 32.1. The number of carbonyl (C=O) groups is 2. The minimum atomic E-state index is 0.0291. The number of hydrogen-bond acceptors (Lipinski definition) is 5. The molecule has 5 rings (SSSR count). The summed E-state index contributed by atoms with van der Waals surface area (Å²) >= 11 is 1.66. The second-order valence-corrected chi connectivity index (χ2v) is 9.29. The lowest BCUT2D eigenvalue weighted by Crippen LogP contribution is -2.40. The van der Waals surface area contributed by atoms with Crippen molar-refractivity contribution in [2.45, 2.75) is 26.2 Å². The van der Waals surface area contributed by atoms with Crippen molar-refractivity contribution in [3.63, 3.8) is 0 Å². The molecule has 29 heavy (non-hydrogen) atoms. The molecule has 0 bridgehead atoms. The Kier molecular flexibility index (Phi) is 4.35. The number of nitrogens with one attached hydrogen (secondary N) is 1. The monoisotopic (exact) mass is 406 g/mol. The number of benzene rings is 1. The van der Waals surface area contributed by atoms with Crippen molar-refractivity contribution in [1.82, 2.24) is 14.9 Å². The van der Waals surface area contributed by atoms with E-state index in [2.05, 4.69) is 15.3 Å². The van der Waals surface area contributed by atoms with Crippen LogP contribution in [0.4, 0.5) is 5.69 Å². The van der Waals surface area contributed by atoms with Crippen molar-refractivity contribution in [2.24, 2.45) is 11.3 Å². The van der Waals surface area contributed by atoms with Crippen LogP contribution < -0.4 is 5.32 Å². The number of fused-ring (bicyclic) bond motifs is 1. The van der Waals surface area contributed by atoms with Crippen LogP contribution in [-0.4, -0.2) is 39.8 Å². The van der Waals surface area contributed by atoms with E-state index in [9.17, 15) is 9.59 Å². The maximum absolute atomic E-state index is 12.8. The molecule has 1 saturated heterocycles. The molecule has 1 aromatic carbocycles. The Morgan fingerprint density at radius 1 is 1.24 bits per heavy atom. The summed E-state index contributed by atoms with van der Waals surface area (Å²) in [5.74, 6) is 0.149. The average molecular weight is 407 g/mol. The minimum absolute atomic E-state index is 0.0291. The molecule has 1 atom stereocenters. The predicted molar refractivity (Wildman–Crippen MR) is 113 cm³/mol. The number of pyridine rings is 1. The molecule has 2 aliphatic rings. The highest BCUT2D eigenvalue weighted by molar-refractivity contribution is 7.18. The maximum atomic E-state index is 12.8. The Morgan fingerprint density at radius 3 is 2.83 bits per heavy atom. The predicted octanol–water partition coefficient (Wildman–Crippen LogP) is 3.88. The van der Waals surface area contributed by atoms with Crippen LogP contribution in [-0.2, 0) is 4.79 Å². The second-order valence-electron chi connectivity index (χ2n) is 8.06. The van der Waals surface area contributed by atoms with Gasteiger partial charge in [0.15, 0.2) is 0 Å². The second kappa shape index (κ2) is 6.91. The van der Waals surface area contributed by atoms with E-state index in [-0.39, 0.29) is 23.1 Å². The average Bonchev–Trinajstić information content (AvgIpc) is 3.30. The quantitative estimate of drug-likeness (QED) is 0.716. The largest absolute Gasteiger partial charge is 0.339 e. The van der Waals surface area contributed by atoms with Crippen LogP contribution in [0.3, 0.4) is 0 Å². The van der Waals surface area contributed by atoms with Gasteiger partial charge >= 0.3 is 0 Å². The van der Waals surface area contributed by atoms with Crippen molar-refractivity contribution in [3.05, 3.63) is 53.3 Å². The van der Waals surface area contributed by atoms with Crippen LogP contribution in [0.2, 0.25) is 0 Å². The lowest BCUT2D eigenvalue weighted by molar-refractivity contribution is -0.118. The normalized spacial score (nSPS) is 20.0. The number of nitrogens with zero attached hydrogens (tertiary/aromatic N) is 3. The first-order valence-corrected chi connectivity index (χ1v) is 10.7. The molecule has 1 unspecified atom stereocenters. The van der Waals surface area contributed by atoms with Gasteiger partial charge in [0.1, 0.15) is 0 Å². The Balaban J connectivity index is 1.20. The summed E-state index contributed by atoms with van der Waals surface area (Å²) in [6, 6.07) is 9.49. The molecule has 1 aliphatic carbocycles. The molecule has 2 fully saturated rings. The minimum Gasteiger partial charge on any atom is -0.339 e. The van der Waals surface area contributed by atoms with Gasteiger partial charge in [-0.3, -0.25) is 14.6 Å². The van der Waals surface area contributed by atoms with E-state index in [1.165, 1.54) is 0 Å². The van der Waals surface area contributed by atoms with Gasteiger partial charge in [-0.2, -0.15) is 0 Å². The number of piperidine rings is 1. The zero-order valence-corrected chi connectivity index (χ0v) is 17.0. The van der Waals surface area contributed by atoms with Crippen molar-refractivity contribution in [1.29, 1.82) is 0 Å². The number of anilines is 1. The van der Waals surface area contributed by atoms with Crippen LogP contribution >= 0.6 is 11.3 Å². The summed E-state index contributed by atoms with van der Waals surface area (Å²) < 4.78 is 1.13. The smallest absolute Gasteiger partial charge is 0.255 e. The number of amides is 2. The molecule has 1 saturated carbocycles. The van der Waals surface area contributed by atoms with Crippen molar-refractivity contribution in [3.8, 4) is 0 Å². The first-order valence-electron chi connectivity index (χ1n) is 9.91. The van der Waals surface area contributed by atoms with Gasteiger partial charge in [-0.15, -0.1) is 11.3 Å². The van der Waals surface area contributed by atoms with Crippen molar-refractivity contribution in [2.75, 3.05) is 18.4 Å². The van der Waals surface area contributed by atoms with E-state index in [4.69, 9.17) is 0 Å². The van der Waals surface area contributed by atoms with Crippen molar-refractivity contribution >= 4 is 39.1 Å². The first-order chi connectivity index (χ1) is 14.0. The highest BCUT2D eigenvalue weighted by Gasteiger charge is 2.58. The molecule has 3 heterocycles. The molecule has 7 heteroatoms. The Labute approximate surface area is 173 Å². The fourth-order valence-corrected chi connectivity index (χ4v) is 5.26. The number of likely N-dealkylation sites (tertiary alicyclic amines) is 1. The third-order valence-corrected chi connectivity index (χ3v) is 7.18. The van der Waals surface area contributed by atoms with Gasteiger partial charge in [-0.05, 0) is 61.9 Å². The highest BCUT2D eigenvalue weighted by Crippen LogP contribution is 2.59. The molecule has 1 N–H and O–H groups in total. The molecule has 6 nitrogen and oxygen atoms in total. The Bertz CT molecular complexity index is 1090. The molecule has 3 aromatic rings. The van der Waals surface area contributed by atoms with Gasteiger partial charge in [-0.1, -0.05) is 0 Å². The van der Waals surface area contributed by atoms with E-state index in [0.29, 0.717) is 18.7 Å². The Morgan fingerprint density at radius 2 is 2.07 bits per heavy atom. The van der Waals surface area contributed by atoms with Crippen LogP contribution in [0.15, 0.2) is 42.7 Å². The molecular formula is C22H22N4O2S. The SMILES string of the molecule is Cc1nc2cc(NC(=O)C3CC34CCN(C(=O)c3cccnc3)CC4)ccc2s1. The third-order valence-electron chi connectivity index (χ3n) is 6.22. The number of rotatable bonds is 3. The Hall–Kier alpha value is -2.80. The number of aromatic nitrogens is 2. The van der Waals surface area contributed by atoms with Gasteiger partial charge in [0, 0.05) is 37.1 Å². The summed E-state index contributed by atoms with van der Waals surface area (Å²) in [7, 11) is 0. The lowest BCUT2D eigenvalue weighted by atomic mass is 9.90. The van der Waals surface area contributed by atoms with Gasteiger partial charge in [0.25, 0.3) is 5.91 Å². The molecule has 1 spiro atoms. The van der Waals surface area contributed by atoms with E-state index in [1.807, 2.05) is 30.0 Å². The van der Waals surface area contributed by atoms with Crippen LogP contribution in [0.25, 0.3) is 10.2 Å². The third kappa shape index (κ3) is 3.40. The first kappa shape index (κ1) is 18.2. The van der Waals surface area contributed by atoms with Crippen LogP contribution in [0.5, 0.6) is 0 Å². The molecule has 2 amide bonds. The number of aryl methyl sites for hydroxylation is 1. The van der Waals surface area contributed by atoms with Crippen LogP contribution in [0, 0.1) is 18.3 Å². The van der Waals surface area contributed by atoms with Gasteiger partial charge in [0.05, 0.1) is 20.8 Å². The fraction of sp³-hybridized carbons (Fsp3) is 0.364. The molecule has 2 aromatic heterocycles. The number of thiazole rings is 1. The summed E-state index contributed by atoms with van der Waals surface area (Å²) in [5.41, 5.74) is 2.41. The molecule has 1 aliphatic heterocycles. The summed E-state index contributed by atoms with van der Waals surface area (Å²) in [5, 5.41) is 4.10. The van der Waals surface area contributed by atoms with Crippen molar-refractivity contribution < 1.29 is 9.59 Å². The summed E-state index contributed by atoms with van der Waals surface area (Å²) in [4.78, 5) is 35.8. The topological polar surface area (TPSA) is 75.2 Å². The summed E-state index contributed by atoms with van der Waals surface area (Å²) in [6.45, 7) is 3.38. The molecular weight excluding hydrogens is 384 g/mol. The van der Waals surface area contributed by atoms with E-state index in [0.717, 1.165) is 40.2 Å².